The van der Waals surface area contributed by atoms with E-state index in [0.29, 0.717) is 12.1 Å². The molecule has 1 fully saturated rings. The molecule has 2 aromatic carbocycles. The van der Waals surface area contributed by atoms with Crippen LogP contribution in [0.3, 0.4) is 0 Å². The highest BCUT2D eigenvalue weighted by Gasteiger charge is 2.33. The molecule has 1 aliphatic rings. The zero-order valence-electron chi connectivity index (χ0n) is 21.9. The summed E-state index contributed by atoms with van der Waals surface area (Å²) in [6.07, 6.45) is 3.84. The van der Waals surface area contributed by atoms with Crippen molar-refractivity contribution in [1.29, 1.82) is 0 Å². The topological polar surface area (TPSA) is 36.1 Å². The Morgan fingerprint density at radius 3 is 1.91 bits per heavy atom. The van der Waals surface area contributed by atoms with Gasteiger partial charge in [0.2, 0.25) is 0 Å². The van der Waals surface area contributed by atoms with Gasteiger partial charge in [-0.15, -0.1) is 6.58 Å². The fourth-order valence-corrected chi connectivity index (χ4v) is 4.96. The fourth-order valence-electron chi connectivity index (χ4n) is 4.69. The summed E-state index contributed by atoms with van der Waals surface area (Å²) >= 11 is 5.51. The van der Waals surface area contributed by atoms with Crippen LogP contribution in [0.2, 0.25) is 0 Å². The maximum absolute atomic E-state index is 5.51. The van der Waals surface area contributed by atoms with Crippen molar-refractivity contribution in [2.45, 2.75) is 83.2 Å². The van der Waals surface area contributed by atoms with Gasteiger partial charge in [0.15, 0.2) is 5.11 Å². The number of thiocarbonyl (C=S) groups is 1. The van der Waals surface area contributed by atoms with Crippen molar-refractivity contribution in [3.8, 4) is 0 Å². The fraction of sp³-hybridized carbons (Fsp3) is 0.500. The van der Waals surface area contributed by atoms with Gasteiger partial charge in [-0.05, 0) is 58.1 Å². The van der Waals surface area contributed by atoms with Crippen molar-refractivity contribution in [3.05, 3.63) is 83.4 Å². The molecule has 1 aliphatic heterocycles. The predicted octanol–water partition coefficient (Wildman–Crippen LogP) is 6.18. The van der Waals surface area contributed by atoms with Crippen LogP contribution in [-0.2, 0) is 10.8 Å². The van der Waals surface area contributed by atoms with Crippen molar-refractivity contribution in [1.82, 2.24) is 16.0 Å². The third-order valence-electron chi connectivity index (χ3n) is 6.81. The molecule has 0 amide bonds. The molecule has 0 aromatic heterocycles. The molecular weight excluding hydrogens is 434 g/mol. The Bertz CT molecular complexity index is 891. The van der Waals surface area contributed by atoms with Gasteiger partial charge in [0.25, 0.3) is 0 Å². The van der Waals surface area contributed by atoms with E-state index in [-0.39, 0.29) is 16.7 Å². The second-order valence-corrected chi connectivity index (χ2v) is 12.1. The van der Waals surface area contributed by atoms with E-state index in [1.165, 1.54) is 22.3 Å². The van der Waals surface area contributed by atoms with E-state index in [4.69, 9.17) is 12.2 Å². The van der Waals surface area contributed by atoms with E-state index < -0.39 is 0 Å². The van der Waals surface area contributed by atoms with Gasteiger partial charge in [0.1, 0.15) is 0 Å². The summed E-state index contributed by atoms with van der Waals surface area (Å²) in [4.78, 5) is 0. The molecule has 0 spiro atoms. The molecule has 2 aromatic rings. The van der Waals surface area contributed by atoms with Gasteiger partial charge in [-0.3, -0.25) is 0 Å². The number of rotatable bonds is 7. The lowest BCUT2D eigenvalue weighted by Crippen LogP contribution is -2.43. The van der Waals surface area contributed by atoms with E-state index in [1.807, 2.05) is 6.08 Å². The molecule has 3 rings (SSSR count). The average molecular weight is 478 g/mol. The minimum absolute atomic E-state index is 0.150. The predicted molar refractivity (Wildman–Crippen MR) is 151 cm³/mol. The van der Waals surface area contributed by atoms with Gasteiger partial charge in [0, 0.05) is 31.1 Å². The second kappa shape index (κ2) is 11.0. The maximum Gasteiger partial charge on any atom is 0.166 e. The number of nitrogens with one attached hydrogen (secondary N) is 3. The molecule has 2 atom stereocenters. The maximum atomic E-state index is 5.51. The van der Waals surface area contributed by atoms with Crippen molar-refractivity contribution in [3.63, 3.8) is 0 Å². The molecule has 34 heavy (non-hydrogen) atoms. The molecule has 184 valence electrons. The van der Waals surface area contributed by atoms with Crippen LogP contribution in [0.15, 0.2) is 61.2 Å². The largest absolute Gasteiger partial charge is 0.362 e. The third-order valence-corrected chi connectivity index (χ3v) is 7.07. The summed E-state index contributed by atoms with van der Waals surface area (Å²) in [7, 11) is 0. The van der Waals surface area contributed by atoms with Crippen molar-refractivity contribution < 1.29 is 0 Å². The number of hydrogen-bond acceptors (Lipinski definition) is 2. The number of benzene rings is 2. The Hall–Kier alpha value is -2.17. The zero-order valence-corrected chi connectivity index (χ0v) is 22.7. The van der Waals surface area contributed by atoms with Crippen LogP contribution in [0.25, 0.3) is 0 Å². The second-order valence-electron chi connectivity index (χ2n) is 11.6. The molecule has 2 unspecified atom stereocenters. The summed E-state index contributed by atoms with van der Waals surface area (Å²) in [5.41, 5.74) is 5.76. The van der Waals surface area contributed by atoms with Gasteiger partial charge >= 0.3 is 0 Å². The summed E-state index contributed by atoms with van der Waals surface area (Å²) in [5.74, 6) is 0.289. The van der Waals surface area contributed by atoms with Crippen LogP contribution in [0.5, 0.6) is 0 Å². The van der Waals surface area contributed by atoms with Gasteiger partial charge in [-0.1, -0.05) is 96.1 Å². The lowest BCUT2D eigenvalue weighted by atomic mass is 9.80. The van der Waals surface area contributed by atoms with Gasteiger partial charge in [-0.25, -0.2) is 0 Å². The van der Waals surface area contributed by atoms with Gasteiger partial charge in [0.05, 0.1) is 0 Å². The van der Waals surface area contributed by atoms with Crippen LogP contribution in [0.1, 0.15) is 82.6 Å². The number of hydrogen-bond donors (Lipinski definition) is 3. The first-order valence-corrected chi connectivity index (χ1v) is 13.0. The average Bonchev–Trinajstić information content (AvgIpc) is 3.21. The Balaban J connectivity index is 1.83. The summed E-state index contributed by atoms with van der Waals surface area (Å²) in [6, 6.07) is 19.2. The van der Waals surface area contributed by atoms with Crippen molar-refractivity contribution in [2.24, 2.45) is 0 Å². The molecule has 3 N–H and O–H groups in total. The molecule has 3 nitrogen and oxygen atoms in total. The molecule has 1 heterocycles. The van der Waals surface area contributed by atoms with Crippen LogP contribution in [0.4, 0.5) is 0 Å². The van der Waals surface area contributed by atoms with E-state index in [1.54, 1.807) is 0 Å². The Labute approximate surface area is 212 Å². The monoisotopic (exact) mass is 477 g/mol. The molecule has 4 heteroatoms. The summed E-state index contributed by atoms with van der Waals surface area (Å²) < 4.78 is 0. The smallest absolute Gasteiger partial charge is 0.166 e. The van der Waals surface area contributed by atoms with Gasteiger partial charge in [-0.2, -0.15) is 0 Å². The molecule has 1 saturated heterocycles. The minimum Gasteiger partial charge on any atom is -0.362 e. The Kier molecular flexibility index (Phi) is 8.59. The highest BCUT2D eigenvalue weighted by Crippen LogP contribution is 2.35. The van der Waals surface area contributed by atoms with Crippen molar-refractivity contribution in [2.75, 3.05) is 13.1 Å². The van der Waals surface area contributed by atoms with E-state index in [0.717, 1.165) is 31.0 Å². The molecule has 0 saturated carbocycles. The summed E-state index contributed by atoms with van der Waals surface area (Å²) in [6.45, 7) is 19.1. The molecular formula is C30H43N3S. The Morgan fingerprint density at radius 1 is 0.971 bits per heavy atom. The first kappa shape index (κ1) is 26.4. The first-order chi connectivity index (χ1) is 16.0. The summed E-state index contributed by atoms with van der Waals surface area (Å²) in [5, 5.41) is 11.3. The molecule has 0 bridgehead atoms. The van der Waals surface area contributed by atoms with E-state index in [9.17, 15) is 0 Å². The van der Waals surface area contributed by atoms with Crippen LogP contribution in [-0.4, -0.2) is 30.3 Å². The van der Waals surface area contributed by atoms with Gasteiger partial charge < -0.3 is 16.0 Å². The SMILES string of the molecule is C=CCCNC(=S)NC1CNC(C(c2ccc(C(C)(C)C)cc2)c2ccc(C(C)(C)C)cc2)C1. The highest BCUT2D eigenvalue weighted by atomic mass is 32.1. The van der Waals surface area contributed by atoms with Crippen LogP contribution >= 0.6 is 12.2 Å². The lowest BCUT2D eigenvalue weighted by Gasteiger charge is -2.28. The van der Waals surface area contributed by atoms with Crippen LogP contribution in [0, 0.1) is 0 Å². The first-order valence-electron chi connectivity index (χ1n) is 12.6. The lowest BCUT2D eigenvalue weighted by molar-refractivity contribution is 0.528. The normalized spacial score (nSPS) is 18.7. The quantitative estimate of drug-likeness (QED) is 0.253. The van der Waals surface area contributed by atoms with E-state index in [2.05, 4.69) is 113 Å². The Morgan fingerprint density at radius 2 is 1.47 bits per heavy atom. The standard InChI is InChI=1S/C30H43N3S/c1-8-9-18-31-28(34)33-25-19-26(32-20-25)27(21-10-14-23(15-11-21)29(2,3)4)22-12-16-24(17-13-22)30(5,6)7/h8,10-17,25-27,32H,1,9,18-20H2,2-7H3,(H2,31,33,34). The minimum atomic E-state index is 0.150. The molecule has 0 aliphatic carbocycles. The molecule has 0 radical (unpaired) electrons. The van der Waals surface area contributed by atoms with Crippen molar-refractivity contribution >= 4 is 17.3 Å². The third kappa shape index (κ3) is 6.93. The zero-order chi connectivity index (χ0) is 24.9. The van der Waals surface area contributed by atoms with Crippen LogP contribution < -0.4 is 16.0 Å². The van der Waals surface area contributed by atoms with E-state index >= 15 is 0 Å². The highest BCUT2D eigenvalue weighted by molar-refractivity contribution is 7.80.